The van der Waals surface area contributed by atoms with Crippen molar-refractivity contribution in [2.75, 3.05) is 0 Å². The van der Waals surface area contributed by atoms with E-state index in [1.807, 2.05) is 53.2 Å². The van der Waals surface area contributed by atoms with Crippen LogP contribution in [-0.4, -0.2) is 15.6 Å². The molecule has 3 heteroatoms. The zero-order chi connectivity index (χ0) is 12.1. The molecule has 3 nitrogen and oxygen atoms in total. The van der Waals surface area contributed by atoms with E-state index in [0.29, 0.717) is 0 Å². The van der Waals surface area contributed by atoms with Crippen molar-refractivity contribution >= 4 is 12.0 Å². The first kappa shape index (κ1) is 11.2. The summed E-state index contributed by atoms with van der Waals surface area (Å²) in [6.45, 7) is 0.743. The maximum Gasteiger partial charge on any atom is 0.328 e. The predicted molar refractivity (Wildman–Crippen MR) is 66.6 cm³/mol. The lowest BCUT2D eigenvalue weighted by Crippen LogP contribution is -2.00. The van der Waals surface area contributed by atoms with Crippen molar-refractivity contribution < 1.29 is 9.90 Å². The molecular formula is C14H13NO2. The monoisotopic (exact) mass is 227 g/mol. The lowest BCUT2D eigenvalue weighted by molar-refractivity contribution is -0.131. The Morgan fingerprint density at radius 1 is 1.18 bits per heavy atom. The molecule has 0 unspecified atom stereocenters. The molecule has 0 radical (unpaired) electrons. The summed E-state index contributed by atoms with van der Waals surface area (Å²) in [5.41, 5.74) is 2.07. The van der Waals surface area contributed by atoms with Crippen molar-refractivity contribution in [2.24, 2.45) is 0 Å². The second-order valence-corrected chi connectivity index (χ2v) is 3.72. The third-order valence-electron chi connectivity index (χ3n) is 2.46. The summed E-state index contributed by atoms with van der Waals surface area (Å²) < 4.78 is 2.01. The normalized spacial score (nSPS) is 10.8. The lowest BCUT2D eigenvalue weighted by Gasteiger charge is -2.06. The number of aliphatic carboxylic acids is 1. The molecule has 0 amide bonds. The Morgan fingerprint density at radius 3 is 2.65 bits per heavy atom. The zero-order valence-electron chi connectivity index (χ0n) is 9.28. The number of carbonyl (C=O) groups is 1. The quantitative estimate of drug-likeness (QED) is 0.816. The Balaban J connectivity index is 2.17. The Hall–Kier alpha value is -2.29. The van der Waals surface area contributed by atoms with Gasteiger partial charge < -0.3 is 9.67 Å². The molecule has 0 fully saturated rings. The van der Waals surface area contributed by atoms with Gasteiger partial charge in [0.15, 0.2) is 0 Å². The van der Waals surface area contributed by atoms with Gasteiger partial charge >= 0.3 is 5.97 Å². The highest BCUT2D eigenvalue weighted by Crippen LogP contribution is 2.09. The molecule has 0 aliphatic heterocycles. The number of hydrogen-bond acceptors (Lipinski definition) is 1. The van der Waals surface area contributed by atoms with Crippen molar-refractivity contribution in [1.82, 2.24) is 4.57 Å². The van der Waals surface area contributed by atoms with E-state index in [2.05, 4.69) is 0 Å². The van der Waals surface area contributed by atoms with Gasteiger partial charge in [-0.25, -0.2) is 4.79 Å². The van der Waals surface area contributed by atoms with Gasteiger partial charge in [0, 0.05) is 24.5 Å². The maximum atomic E-state index is 10.5. The van der Waals surface area contributed by atoms with Crippen LogP contribution in [0, 0.1) is 0 Å². The summed E-state index contributed by atoms with van der Waals surface area (Å²) in [5.74, 6) is -0.933. The molecule has 1 N–H and O–H groups in total. The van der Waals surface area contributed by atoms with Crippen LogP contribution in [0.1, 0.15) is 11.3 Å². The Kier molecular flexibility index (Phi) is 3.40. The van der Waals surface area contributed by atoms with Crippen LogP contribution in [0.3, 0.4) is 0 Å². The lowest BCUT2D eigenvalue weighted by atomic mass is 10.2. The molecule has 2 rings (SSSR count). The fourth-order valence-electron chi connectivity index (χ4n) is 1.66. The average molecular weight is 227 g/mol. The summed E-state index contributed by atoms with van der Waals surface area (Å²) in [6, 6.07) is 13.9. The Morgan fingerprint density at radius 2 is 1.94 bits per heavy atom. The highest BCUT2D eigenvalue weighted by atomic mass is 16.4. The van der Waals surface area contributed by atoms with E-state index < -0.39 is 5.97 Å². The first-order chi connectivity index (χ1) is 8.25. The van der Waals surface area contributed by atoms with E-state index in [9.17, 15) is 4.79 Å². The van der Waals surface area contributed by atoms with Crippen LogP contribution in [0.4, 0.5) is 0 Å². The summed E-state index contributed by atoms with van der Waals surface area (Å²) >= 11 is 0. The highest BCUT2D eigenvalue weighted by molar-refractivity contribution is 5.84. The molecule has 2 aromatic rings. The number of carboxylic acids is 1. The van der Waals surface area contributed by atoms with Crippen LogP contribution in [-0.2, 0) is 11.3 Å². The number of carboxylic acid groups (broad SMARTS) is 1. The van der Waals surface area contributed by atoms with Gasteiger partial charge in [-0.2, -0.15) is 0 Å². The molecule has 17 heavy (non-hydrogen) atoms. The topological polar surface area (TPSA) is 42.2 Å². The summed E-state index contributed by atoms with van der Waals surface area (Å²) in [5, 5.41) is 8.60. The van der Waals surface area contributed by atoms with Crippen LogP contribution in [0.2, 0.25) is 0 Å². The zero-order valence-corrected chi connectivity index (χ0v) is 9.28. The summed E-state index contributed by atoms with van der Waals surface area (Å²) in [7, 11) is 0. The first-order valence-corrected chi connectivity index (χ1v) is 5.36. The van der Waals surface area contributed by atoms with E-state index >= 15 is 0 Å². The molecule has 1 heterocycles. The largest absolute Gasteiger partial charge is 0.478 e. The maximum absolute atomic E-state index is 10.5. The average Bonchev–Trinajstić information content (AvgIpc) is 2.75. The number of benzene rings is 1. The van der Waals surface area contributed by atoms with E-state index in [1.165, 1.54) is 5.56 Å². The number of hydrogen-bond donors (Lipinski definition) is 1. The molecule has 1 aromatic heterocycles. The fraction of sp³-hybridized carbons (Fsp3) is 0.0714. The van der Waals surface area contributed by atoms with E-state index in [4.69, 9.17) is 5.11 Å². The Labute approximate surface area is 99.6 Å². The van der Waals surface area contributed by atoms with Crippen LogP contribution in [0.5, 0.6) is 0 Å². The van der Waals surface area contributed by atoms with Crippen LogP contribution in [0.25, 0.3) is 6.08 Å². The van der Waals surface area contributed by atoms with Crippen LogP contribution in [0.15, 0.2) is 54.7 Å². The molecule has 0 bridgehead atoms. The predicted octanol–water partition coefficient (Wildman–Crippen LogP) is 2.63. The van der Waals surface area contributed by atoms with Crippen LogP contribution < -0.4 is 0 Å². The Bertz CT molecular complexity index is 526. The van der Waals surface area contributed by atoms with Gasteiger partial charge in [-0.3, -0.25) is 0 Å². The smallest absolute Gasteiger partial charge is 0.328 e. The molecule has 0 aliphatic carbocycles. The van der Waals surface area contributed by atoms with Crippen molar-refractivity contribution in [3.05, 3.63) is 66.0 Å². The highest BCUT2D eigenvalue weighted by Gasteiger charge is 1.99. The fourth-order valence-corrected chi connectivity index (χ4v) is 1.66. The number of rotatable bonds is 4. The first-order valence-electron chi connectivity index (χ1n) is 5.36. The molecule has 0 aliphatic rings. The van der Waals surface area contributed by atoms with Gasteiger partial charge in [-0.05, 0) is 23.8 Å². The minimum absolute atomic E-state index is 0.743. The van der Waals surface area contributed by atoms with Gasteiger partial charge in [0.05, 0.1) is 0 Å². The number of aromatic nitrogens is 1. The van der Waals surface area contributed by atoms with Crippen LogP contribution >= 0.6 is 0 Å². The second-order valence-electron chi connectivity index (χ2n) is 3.72. The standard InChI is InChI=1S/C14H13NO2/c16-14(17)9-8-13-7-4-10-15(13)11-12-5-2-1-3-6-12/h1-10H,11H2,(H,16,17)/b9-8+. The van der Waals surface area contributed by atoms with E-state index in [-0.39, 0.29) is 0 Å². The minimum Gasteiger partial charge on any atom is -0.478 e. The van der Waals surface area contributed by atoms with Crippen molar-refractivity contribution in [3.8, 4) is 0 Å². The van der Waals surface area contributed by atoms with E-state index in [1.54, 1.807) is 6.08 Å². The van der Waals surface area contributed by atoms with Crippen molar-refractivity contribution in [3.63, 3.8) is 0 Å². The van der Waals surface area contributed by atoms with Crippen molar-refractivity contribution in [2.45, 2.75) is 6.54 Å². The molecular weight excluding hydrogens is 214 g/mol. The molecule has 0 saturated heterocycles. The van der Waals surface area contributed by atoms with Gasteiger partial charge in [-0.15, -0.1) is 0 Å². The molecule has 0 atom stereocenters. The van der Waals surface area contributed by atoms with Gasteiger partial charge in [0.25, 0.3) is 0 Å². The van der Waals surface area contributed by atoms with Gasteiger partial charge in [-0.1, -0.05) is 30.3 Å². The summed E-state index contributed by atoms with van der Waals surface area (Å²) in [4.78, 5) is 10.5. The van der Waals surface area contributed by atoms with Crippen molar-refractivity contribution in [1.29, 1.82) is 0 Å². The van der Waals surface area contributed by atoms with E-state index in [0.717, 1.165) is 18.3 Å². The van der Waals surface area contributed by atoms with Gasteiger partial charge in [0.2, 0.25) is 0 Å². The molecule has 86 valence electrons. The van der Waals surface area contributed by atoms with Gasteiger partial charge in [0.1, 0.15) is 0 Å². The number of nitrogens with zero attached hydrogens (tertiary/aromatic N) is 1. The molecule has 0 spiro atoms. The molecule has 0 saturated carbocycles. The molecule has 1 aromatic carbocycles. The summed E-state index contributed by atoms with van der Waals surface area (Å²) in [6.07, 6.45) is 4.69. The third-order valence-corrected chi connectivity index (χ3v) is 2.46. The third kappa shape index (κ3) is 3.08. The SMILES string of the molecule is O=C(O)/C=C/c1cccn1Cc1ccccc1. The second kappa shape index (κ2) is 5.16. The minimum atomic E-state index is -0.933.